The van der Waals surface area contributed by atoms with Gasteiger partial charge in [0.15, 0.2) is 0 Å². The molecule has 0 unspecified atom stereocenters. The molecule has 2 aliphatic rings. The molecule has 0 spiro atoms. The van der Waals surface area contributed by atoms with Gasteiger partial charge in [-0.3, -0.25) is 9.59 Å². The first-order chi connectivity index (χ1) is 7.66. The monoisotopic (exact) mass is 225 g/mol. The van der Waals surface area contributed by atoms with Crippen LogP contribution in [0.4, 0.5) is 0 Å². The highest BCUT2D eigenvalue weighted by Crippen LogP contribution is 2.26. The first-order valence-corrected chi connectivity index (χ1v) is 6.15. The van der Waals surface area contributed by atoms with Crippen LogP contribution in [0.15, 0.2) is 0 Å². The van der Waals surface area contributed by atoms with Crippen LogP contribution in [-0.4, -0.2) is 40.9 Å². The van der Waals surface area contributed by atoms with Gasteiger partial charge in [-0.2, -0.15) is 0 Å². The molecule has 2 rings (SSSR count). The molecular weight excluding hydrogens is 206 g/mol. The van der Waals surface area contributed by atoms with E-state index in [1.54, 1.807) is 0 Å². The van der Waals surface area contributed by atoms with Crippen molar-refractivity contribution in [1.29, 1.82) is 0 Å². The number of hydrogen-bond donors (Lipinski definition) is 1. The molecule has 1 aliphatic heterocycles. The van der Waals surface area contributed by atoms with Crippen molar-refractivity contribution >= 4 is 11.7 Å². The Morgan fingerprint density at radius 3 is 2.25 bits per heavy atom. The summed E-state index contributed by atoms with van der Waals surface area (Å²) in [6.07, 6.45) is 3.88. The fraction of sp³-hybridized carbons (Fsp3) is 0.833. The molecule has 1 saturated heterocycles. The van der Waals surface area contributed by atoms with Gasteiger partial charge in [0.2, 0.25) is 5.91 Å². The van der Waals surface area contributed by atoms with Crippen molar-refractivity contribution in [3.05, 3.63) is 0 Å². The summed E-state index contributed by atoms with van der Waals surface area (Å²) in [7, 11) is 0. The second kappa shape index (κ2) is 4.95. The number of rotatable bonds is 1. The molecule has 4 nitrogen and oxygen atoms in total. The molecule has 90 valence electrons. The average Bonchev–Trinajstić information content (AvgIpc) is 2.30. The quantitative estimate of drug-likeness (QED) is 0.715. The number of hydrogen-bond acceptors (Lipinski definition) is 3. The number of aliphatic hydroxyl groups is 1. The lowest BCUT2D eigenvalue weighted by atomic mass is 9.86. The highest BCUT2D eigenvalue weighted by molar-refractivity contribution is 5.84. The van der Waals surface area contributed by atoms with Crippen LogP contribution in [0, 0.1) is 5.92 Å². The molecule has 2 fully saturated rings. The molecule has 1 heterocycles. The zero-order valence-electron chi connectivity index (χ0n) is 9.52. The molecule has 1 amide bonds. The zero-order valence-corrected chi connectivity index (χ0v) is 9.52. The Morgan fingerprint density at radius 2 is 1.69 bits per heavy atom. The molecule has 0 aromatic heterocycles. The molecule has 16 heavy (non-hydrogen) atoms. The highest BCUT2D eigenvalue weighted by atomic mass is 16.3. The van der Waals surface area contributed by atoms with Gasteiger partial charge in [0.1, 0.15) is 5.78 Å². The van der Waals surface area contributed by atoms with E-state index >= 15 is 0 Å². The first kappa shape index (κ1) is 11.6. The normalized spacial score (nSPS) is 31.6. The van der Waals surface area contributed by atoms with Crippen LogP contribution in [0.2, 0.25) is 0 Å². The number of carbonyl (C=O) groups excluding carboxylic acids is 2. The van der Waals surface area contributed by atoms with E-state index in [4.69, 9.17) is 0 Å². The van der Waals surface area contributed by atoms with Crippen LogP contribution in [0.1, 0.15) is 38.5 Å². The number of nitrogens with zero attached hydrogens (tertiary/aromatic N) is 1. The summed E-state index contributed by atoms with van der Waals surface area (Å²) in [5.74, 6) is 0.541. The maximum atomic E-state index is 12.1. The van der Waals surface area contributed by atoms with Crippen LogP contribution in [0.5, 0.6) is 0 Å². The van der Waals surface area contributed by atoms with Gasteiger partial charge in [-0.15, -0.1) is 0 Å². The number of piperidine rings is 1. The van der Waals surface area contributed by atoms with Gasteiger partial charge in [0, 0.05) is 31.8 Å². The van der Waals surface area contributed by atoms with E-state index < -0.39 is 0 Å². The van der Waals surface area contributed by atoms with Crippen LogP contribution < -0.4 is 0 Å². The van der Waals surface area contributed by atoms with Gasteiger partial charge >= 0.3 is 0 Å². The van der Waals surface area contributed by atoms with Gasteiger partial charge in [0.25, 0.3) is 0 Å². The molecule has 0 aromatic rings. The van der Waals surface area contributed by atoms with Gasteiger partial charge in [-0.1, -0.05) is 0 Å². The van der Waals surface area contributed by atoms with Crippen molar-refractivity contribution in [2.75, 3.05) is 13.1 Å². The van der Waals surface area contributed by atoms with Gasteiger partial charge < -0.3 is 10.0 Å². The van der Waals surface area contributed by atoms with E-state index in [2.05, 4.69) is 0 Å². The number of likely N-dealkylation sites (tertiary alicyclic amines) is 1. The summed E-state index contributed by atoms with van der Waals surface area (Å²) < 4.78 is 0. The van der Waals surface area contributed by atoms with Crippen molar-refractivity contribution in [2.24, 2.45) is 5.92 Å². The van der Waals surface area contributed by atoms with Crippen LogP contribution in [0.25, 0.3) is 0 Å². The Kier molecular flexibility index (Phi) is 3.59. The predicted molar refractivity (Wildman–Crippen MR) is 58.8 cm³/mol. The maximum absolute atomic E-state index is 12.1. The van der Waals surface area contributed by atoms with Crippen molar-refractivity contribution < 1.29 is 14.7 Å². The molecule has 4 heteroatoms. The van der Waals surface area contributed by atoms with Gasteiger partial charge in [-0.05, 0) is 25.7 Å². The van der Waals surface area contributed by atoms with E-state index in [9.17, 15) is 14.7 Å². The van der Waals surface area contributed by atoms with Gasteiger partial charge in [-0.25, -0.2) is 0 Å². The van der Waals surface area contributed by atoms with E-state index in [0.717, 1.165) is 25.7 Å². The molecule has 0 radical (unpaired) electrons. The summed E-state index contributed by atoms with van der Waals surface area (Å²) in [5.41, 5.74) is 0. The fourth-order valence-corrected chi connectivity index (χ4v) is 2.56. The standard InChI is InChI=1S/C12H19NO3/c14-10-3-1-9(2-4-10)12(16)13-7-5-11(15)6-8-13/h9-10,14H,1-8H2. The number of amides is 1. The van der Waals surface area contributed by atoms with Gasteiger partial charge in [0.05, 0.1) is 6.10 Å². The Labute approximate surface area is 95.6 Å². The lowest BCUT2D eigenvalue weighted by molar-refractivity contribution is -0.139. The van der Waals surface area contributed by atoms with Crippen molar-refractivity contribution in [3.63, 3.8) is 0 Å². The van der Waals surface area contributed by atoms with E-state index in [0.29, 0.717) is 25.9 Å². The largest absolute Gasteiger partial charge is 0.393 e. The number of aliphatic hydroxyl groups excluding tert-OH is 1. The molecule has 1 saturated carbocycles. The summed E-state index contributed by atoms with van der Waals surface area (Å²) in [6, 6.07) is 0. The van der Waals surface area contributed by atoms with Crippen molar-refractivity contribution in [2.45, 2.75) is 44.6 Å². The summed E-state index contributed by atoms with van der Waals surface area (Å²) in [5, 5.41) is 9.38. The summed E-state index contributed by atoms with van der Waals surface area (Å²) in [4.78, 5) is 25.0. The van der Waals surface area contributed by atoms with Crippen molar-refractivity contribution in [1.82, 2.24) is 4.90 Å². The minimum Gasteiger partial charge on any atom is -0.393 e. The number of carbonyl (C=O) groups is 2. The van der Waals surface area contributed by atoms with Crippen LogP contribution in [0.3, 0.4) is 0 Å². The first-order valence-electron chi connectivity index (χ1n) is 6.15. The van der Waals surface area contributed by atoms with Crippen molar-refractivity contribution in [3.8, 4) is 0 Å². The molecule has 1 aliphatic carbocycles. The SMILES string of the molecule is O=C1CCN(C(=O)C2CCC(O)CC2)CC1. The number of Topliss-reactive ketones (excluding diaryl/α,β-unsaturated/α-hetero) is 1. The predicted octanol–water partition coefficient (Wildman–Crippen LogP) is 0.729. The topological polar surface area (TPSA) is 57.6 Å². The Balaban J connectivity index is 1.85. The lowest BCUT2D eigenvalue weighted by Gasteiger charge is -2.32. The molecule has 1 N–H and O–H groups in total. The van der Waals surface area contributed by atoms with E-state index in [1.165, 1.54) is 0 Å². The van der Waals surface area contributed by atoms with E-state index in [1.807, 2.05) is 4.90 Å². The minimum absolute atomic E-state index is 0.0802. The third kappa shape index (κ3) is 2.61. The maximum Gasteiger partial charge on any atom is 0.225 e. The third-order valence-corrected chi connectivity index (χ3v) is 3.68. The second-order valence-corrected chi connectivity index (χ2v) is 4.87. The highest BCUT2D eigenvalue weighted by Gasteiger charge is 2.30. The number of ketones is 1. The molecule has 0 bridgehead atoms. The summed E-state index contributed by atoms with van der Waals surface area (Å²) in [6.45, 7) is 1.19. The summed E-state index contributed by atoms with van der Waals surface area (Å²) >= 11 is 0. The lowest BCUT2D eigenvalue weighted by Crippen LogP contribution is -2.43. The Hall–Kier alpha value is -0.900. The average molecular weight is 225 g/mol. The Morgan fingerprint density at radius 1 is 1.12 bits per heavy atom. The van der Waals surface area contributed by atoms with Crippen LogP contribution >= 0.6 is 0 Å². The molecule has 0 aromatic carbocycles. The van der Waals surface area contributed by atoms with E-state index in [-0.39, 0.29) is 23.7 Å². The smallest absolute Gasteiger partial charge is 0.225 e. The second-order valence-electron chi connectivity index (χ2n) is 4.87. The third-order valence-electron chi connectivity index (χ3n) is 3.68. The van der Waals surface area contributed by atoms with Crippen LogP contribution in [-0.2, 0) is 9.59 Å². The fourth-order valence-electron chi connectivity index (χ4n) is 2.56. The Bertz CT molecular complexity index is 272. The zero-order chi connectivity index (χ0) is 11.5. The molecule has 0 atom stereocenters. The minimum atomic E-state index is -0.216. The molecular formula is C12H19NO3.